The molecule has 0 aliphatic rings. The second kappa shape index (κ2) is 8.20. The number of methoxy groups -OCH3 is 2. The van der Waals surface area contributed by atoms with Crippen LogP contribution in [0.15, 0.2) is 60.8 Å². The van der Waals surface area contributed by atoms with Gasteiger partial charge in [-0.2, -0.15) is 4.98 Å². The molecule has 0 bridgehead atoms. The summed E-state index contributed by atoms with van der Waals surface area (Å²) in [6.07, 6.45) is 1.71. The first-order valence-corrected chi connectivity index (χ1v) is 8.33. The molecule has 3 aromatic rings. The molecule has 134 valence electrons. The number of rotatable bonds is 7. The molecule has 0 aliphatic heterocycles. The summed E-state index contributed by atoms with van der Waals surface area (Å²) in [6.45, 7) is 2.09. The topological polar surface area (TPSA) is 68.3 Å². The van der Waals surface area contributed by atoms with Crippen LogP contribution < -0.4 is 20.1 Å². The monoisotopic (exact) mass is 350 g/mol. The van der Waals surface area contributed by atoms with E-state index in [9.17, 15) is 0 Å². The summed E-state index contributed by atoms with van der Waals surface area (Å²) in [5.74, 6) is 2.61. The van der Waals surface area contributed by atoms with Crippen molar-refractivity contribution >= 4 is 17.5 Å². The molecule has 0 saturated heterocycles. The second-order valence-electron chi connectivity index (χ2n) is 5.73. The molecule has 6 nitrogen and oxygen atoms in total. The average molecular weight is 350 g/mol. The number of ether oxygens (including phenoxy) is 2. The number of aromatic nitrogens is 2. The summed E-state index contributed by atoms with van der Waals surface area (Å²) in [6, 6.07) is 17.7. The molecule has 0 spiro atoms. The van der Waals surface area contributed by atoms with Gasteiger partial charge in [0.2, 0.25) is 5.95 Å². The predicted molar refractivity (Wildman–Crippen MR) is 103 cm³/mol. The maximum atomic E-state index is 5.40. The molecule has 1 atom stereocenters. The fraction of sp³-hybridized carbons (Fsp3) is 0.200. The highest BCUT2D eigenvalue weighted by molar-refractivity contribution is 5.64. The van der Waals surface area contributed by atoms with Crippen LogP contribution in [-0.4, -0.2) is 24.2 Å². The van der Waals surface area contributed by atoms with Gasteiger partial charge < -0.3 is 20.1 Å². The third-order valence-electron chi connectivity index (χ3n) is 3.97. The number of anilines is 3. The minimum atomic E-state index is 0.134. The van der Waals surface area contributed by atoms with Crippen LogP contribution in [0.2, 0.25) is 0 Å². The van der Waals surface area contributed by atoms with E-state index in [0.29, 0.717) is 11.7 Å². The summed E-state index contributed by atoms with van der Waals surface area (Å²) in [5.41, 5.74) is 1.96. The van der Waals surface area contributed by atoms with Gasteiger partial charge in [0, 0.05) is 18.3 Å². The third kappa shape index (κ3) is 4.22. The highest BCUT2D eigenvalue weighted by atomic mass is 16.5. The van der Waals surface area contributed by atoms with Crippen molar-refractivity contribution in [2.75, 3.05) is 24.9 Å². The number of hydrogen-bond donors (Lipinski definition) is 2. The molecule has 1 aromatic heterocycles. The Balaban J connectivity index is 1.75. The van der Waals surface area contributed by atoms with Crippen molar-refractivity contribution in [3.05, 3.63) is 66.4 Å². The van der Waals surface area contributed by atoms with E-state index in [0.717, 1.165) is 17.3 Å². The van der Waals surface area contributed by atoms with Gasteiger partial charge in [0.25, 0.3) is 0 Å². The SMILES string of the molecule is COc1ccc(Nc2nccc(NC(C)c3ccccc3)n2)c(OC)c1. The standard InChI is InChI=1S/C20H22N4O2/c1-14(15-7-5-4-6-8-15)22-19-11-12-21-20(24-19)23-17-10-9-16(25-2)13-18(17)26-3/h4-14H,1-3H3,(H2,21,22,23,24). The first kappa shape index (κ1) is 17.5. The van der Waals surface area contributed by atoms with Gasteiger partial charge in [0.05, 0.1) is 19.9 Å². The van der Waals surface area contributed by atoms with E-state index < -0.39 is 0 Å². The molecule has 3 rings (SSSR count). The number of nitrogens with zero attached hydrogens (tertiary/aromatic N) is 2. The Morgan fingerprint density at radius 1 is 0.962 bits per heavy atom. The molecule has 2 aromatic carbocycles. The van der Waals surface area contributed by atoms with Gasteiger partial charge in [-0.15, -0.1) is 0 Å². The van der Waals surface area contributed by atoms with Gasteiger partial charge >= 0.3 is 0 Å². The lowest BCUT2D eigenvalue weighted by Gasteiger charge is -2.16. The lowest BCUT2D eigenvalue weighted by atomic mass is 10.1. The molecule has 0 amide bonds. The minimum Gasteiger partial charge on any atom is -0.497 e. The summed E-state index contributed by atoms with van der Waals surface area (Å²) in [5, 5.41) is 6.57. The Labute approximate surface area is 153 Å². The van der Waals surface area contributed by atoms with Gasteiger partial charge in [-0.3, -0.25) is 0 Å². The average Bonchev–Trinajstić information content (AvgIpc) is 2.69. The van der Waals surface area contributed by atoms with Crippen LogP contribution >= 0.6 is 0 Å². The largest absolute Gasteiger partial charge is 0.497 e. The van der Waals surface area contributed by atoms with Crippen molar-refractivity contribution in [1.82, 2.24) is 9.97 Å². The van der Waals surface area contributed by atoms with Crippen LogP contribution in [0.25, 0.3) is 0 Å². The molecule has 0 saturated carbocycles. The van der Waals surface area contributed by atoms with E-state index in [1.807, 2.05) is 42.5 Å². The zero-order valence-corrected chi connectivity index (χ0v) is 15.1. The number of hydrogen-bond acceptors (Lipinski definition) is 6. The Hall–Kier alpha value is -3.28. The zero-order valence-electron chi connectivity index (χ0n) is 15.1. The van der Waals surface area contributed by atoms with Gasteiger partial charge in [0.15, 0.2) is 0 Å². The molecule has 0 aliphatic carbocycles. The normalized spacial score (nSPS) is 11.5. The van der Waals surface area contributed by atoms with E-state index in [4.69, 9.17) is 9.47 Å². The lowest BCUT2D eigenvalue weighted by molar-refractivity contribution is 0.395. The maximum absolute atomic E-state index is 5.40. The highest BCUT2D eigenvalue weighted by Crippen LogP contribution is 2.30. The summed E-state index contributed by atoms with van der Waals surface area (Å²) >= 11 is 0. The van der Waals surface area contributed by atoms with Crippen LogP contribution in [0.3, 0.4) is 0 Å². The fourth-order valence-corrected chi connectivity index (χ4v) is 2.57. The van der Waals surface area contributed by atoms with Crippen molar-refractivity contribution in [3.8, 4) is 11.5 Å². The van der Waals surface area contributed by atoms with E-state index in [1.165, 1.54) is 5.56 Å². The van der Waals surface area contributed by atoms with Crippen LogP contribution in [0, 0.1) is 0 Å². The molecule has 2 N–H and O–H groups in total. The molecule has 0 radical (unpaired) electrons. The molecule has 6 heteroatoms. The van der Waals surface area contributed by atoms with Crippen molar-refractivity contribution < 1.29 is 9.47 Å². The third-order valence-corrected chi connectivity index (χ3v) is 3.97. The molecule has 0 fully saturated rings. The van der Waals surface area contributed by atoms with Crippen LogP contribution in [0.4, 0.5) is 17.5 Å². The number of nitrogens with one attached hydrogen (secondary N) is 2. The van der Waals surface area contributed by atoms with Crippen molar-refractivity contribution in [2.45, 2.75) is 13.0 Å². The lowest BCUT2D eigenvalue weighted by Crippen LogP contribution is -2.09. The van der Waals surface area contributed by atoms with Gasteiger partial charge in [-0.1, -0.05) is 30.3 Å². The van der Waals surface area contributed by atoms with E-state index >= 15 is 0 Å². The smallest absolute Gasteiger partial charge is 0.229 e. The van der Waals surface area contributed by atoms with Crippen molar-refractivity contribution in [2.24, 2.45) is 0 Å². The quantitative estimate of drug-likeness (QED) is 0.658. The molecule has 1 unspecified atom stereocenters. The summed E-state index contributed by atoms with van der Waals surface area (Å²) < 4.78 is 10.6. The fourth-order valence-electron chi connectivity index (χ4n) is 2.57. The van der Waals surface area contributed by atoms with E-state index in [1.54, 1.807) is 20.4 Å². The van der Waals surface area contributed by atoms with Crippen LogP contribution in [0.1, 0.15) is 18.5 Å². The van der Waals surface area contributed by atoms with Gasteiger partial charge in [-0.05, 0) is 30.7 Å². The Morgan fingerprint density at radius 3 is 2.50 bits per heavy atom. The summed E-state index contributed by atoms with van der Waals surface area (Å²) in [7, 11) is 3.23. The first-order chi connectivity index (χ1) is 12.7. The molecular formula is C20H22N4O2. The Kier molecular flexibility index (Phi) is 5.53. The first-order valence-electron chi connectivity index (χ1n) is 8.33. The molecular weight excluding hydrogens is 328 g/mol. The van der Waals surface area contributed by atoms with E-state index in [-0.39, 0.29) is 6.04 Å². The molecule has 1 heterocycles. The molecule has 26 heavy (non-hydrogen) atoms. The zero-order chi connectivity index (χ0) is 18.4. The Bertz CT molecular complexity index is 855. The van der Waals surface area contributed by atoms with Crippen LogP contribution in [-0.2, 0) is 0 Å². The minimum absolute atomic E-state index is 0.134. The summed E-state index contributed by atoms with van der Waals surface area (Å²) in [4.78, 5) is 8.82. The second-order valence-corrected chi connectivity index (χ2v) is 5.73. The van der Waals surface area contributed by atoms with Crippen molar-refractivity contribution in [3.63, 3.8) is 0 Å². The predicted octanol–water partition coefficient (Wildman–Crippen LogP) is 4.41. The van der Waals surface area contributed by atoms with E-state index in [2.05, 4.69) is 39.7 Å². The van der Waals surface area contributed by atoms with Crippen molar-refractivity contribution in [1.29, 1.82) is 0 Å². The van der Waals surface area contributed by atoms with Gasteiger partial charge in [0.1, 0.15) is 17.3 Å². The van der Waals surface area contributed by atoms with Crippen LogP contribution in [0.5, 0.6) is 11.5 Å². The van der Waals surface area contributed by atoms with Gasteiger partial charge in [-0.25, -0.2) is 4.98 Å². The highest BCUT2D eigenvalue weighted by Gasteiger charge is 2.09. The Morgan fingerprint density at radius 2 is 1.77 bits per heavy atom. The maximum Gasteiger partial charge on any atom is 0.229 e. The number of benzene rings is 2.